The van der Waals surface area contributed by atoms with Crippen molar-refractivity contribution in [1.82, 2.24) is 9.97 Å². The first kappa shape index (κ1) is 11.4. The predicted molar refractivity (Wildman–Crippen MR) is 66.5 cm³/mol. The highest BCUT2D eigenvalue weighted by atomic mass is 35.5. The van der Waals surface area contributed by atoms with Crippen LogP contribution in [0.3, 0.4) is 0 Å². The van der Waals surface area contributed by atoms with Crippen LogP contribution in [0.1, 0.15) is 0 Å². The van der Waals surface area contributed by atoms with Gasteiger partial charge in [-0.3, -0.25) is 19.8 Å². The summed E-state index contributed by atoms with van der Waals surface area (Å²) in [6.07, 6.45) is 6.03. The van der Waals surface area contributed by atoms with Crippen molar-refractivity contribution in [1.29, 1.82) is 0 Å². The first-order valence-electron chi connectivity index (χ1n) is 4.86. The van der Waals surface area contributed by atoms with E-state index >= 15 is 0 Å². The summed E-state index contributed by atoms with van der Waals surface area (Å²) < 4.78 is 0. The van der Waals surface area contributed by atoms with Crippen molar-refractivity contribution in [2.24, 2.45) is 4.99 Å². The van der Waals surface area contributed by atoms with Crippen LogP contribution in [0, 0.1) is 0 Å². The first-order chi connectivity index (χ1) is 8.25. The van der Waals surface area contributed by atoms with Gasteiger partial charge in [-0.15, -0.1) is 0 Å². The molecule has 0 aliphatic rings. The summed E-state index contributed by atoms with van der Waals surface area (Å²) in [5, 5.41) is -0.608. The Balaban J connectivity index is 2.22. The highest BCUT2D eigenvalue weighted by Gasteiger charge is 1.98. The molecule has 0 aromatic carbocycles. The number of nitrogens with zero attached hydrogens (tertiary/aromatic N) is 3. The second-order valence-corrected chi connectivity index (χ2v) is 3.57. The Morgan fingerprint density at radius 1 is 1.24 bits per heavy atom. The molecular weight excluding hydrogens is 238 g/mol. The van der Waals surface area contributed by atoms with Crippen LogP contribution in [-0.4, -0.2) is 21.4 Å². The molecule has 5 heteroatoms. The summed E-state index contributed by atoms with van der Waals surface area (Å²) >= 11 is 5.14. The first-order valence-corrected chi connectivity index (χ1v) is 5.23. The molecule has 0 spiro atoms. The number of aliphatic imine (C=N–C) groups is 1. The highest BCUT2D eigenvalue weighted by Crippen LogP contribution is 2.18. The maximum absolute atomic E-state index is 10.5. The number of carbonyl (C=O) groups is 1. The molecule has 0 N–H and O–H groups in total. The molecule has 0 amide bonds. The zero-order valence-electron chi connectivity index (χ0n) is 8.75. The van der Waals surface area contributed by atoms with Gasteiger partial charge in [0.1, 0.15) is 0 Å². The molecule has 0 atom stereocenters. The van der Waals surface area contributed by atoms with Crippen LogP contribution < -0.4 is 0 Å². The third-order valence-corrected chi connectivity index (χ3v) is 2.14. The summed E-state index contributed by atoms with van der Waals surface area (Å²) in [6, 6.07) is 7.32. The van der Waals surface area contributed by atoms with Crippen molar-refractivity contribution < 1.29 is 4.79 Å². The zero-order valence-corrected chi connectivity index (χ0v) is 9.50. The number of halogens is 1. The molecule has 0 saturated heterocycles. The molecular formula is C12H8ClN3O. The number of carbonyl (C=O) groups excluding carboxylic acids is 1. The predicted octanol–water partition coefficient (Wildman–Crippen LogP) is 2.61. The summed E-state index contributed by atoms with van der Waals surface area (Å²) in [5.74, 6) is 0. The average Bonchev–Trinajstić information content (AvgIpc) is 2.38. The van der Waals surface area contributed by atoms with E-state index in [0.717, 1.165) is 17.5 Å². The largest absolute Gasteiger partial charge is 0.275 e. The Hall–Kier alpha value is -2.07. The van der Waals surface area contributed by atoms with E-state index < -0.39 is 5.24 Å². The smallest absolute Gasteiger partial charge is 0.263 e. The van der Waals surface area contributed by atoms with Crippen molar-refractivity contribution in [3.8, 4) is 11.3 Å². The highest BCUT2D eigenvalue weighted by molar-refractivity contribution is 6.78. The lowest BCUT2D eigenvalue weighted by Gasteiger charge is -1.99. The van der Waals surface area contributed by atoms with Crippen molar-refractivity contribution in [2.45, 2.75) is 0 Å². The quantitative estimate of drug-likeness (QED) is 0.617. The fourth-order valence-electron chi connectivity index (χ4n) is 1.28. The zero-order chi connectivity index (χ0) is 12.1. The van der Waals surface area contributed by atoms with Gasteiger partial charge in [-0.2, -0.15) is 0 Å². The number of hydrogen-bond donors (Lipinski definition) is 0. The minimum Gasteiger partial charge on any atom is -0.275 e. The Bertz CT molecular complexity index is 537. The fourth-order valence-corrected chi connectivity index (χ4v) is 1.33. The normalized spacial score (nSPS) is 10.6. The molecule has 2 aromatic rings. The standard InChI is InChI=1S/C12H8ClN3O/c13-12(17)8-15-10-1-2-11(16-7-10)9-3-5-14-6-4-9/h1-8H. The van der Waals surface area contributed by atoms with Crippen LogP contribution in [0.2, 0.25) is 0 Å². The van der Waals surface area contributed by atoms with Gasteiger partial charge in [0.05, 0.1) is 23.8 Å². The van der Waals surface area contributed by atoms with Gasteiger partial charge >= 0.3 is 0 Å². The van der Waals surface area contributed by atoms with Gasteiger partial charge in [0.15, 0.2) is 0 Å². The number of hydrogen-bond acceptors (Lipinski definition) is 4. The van der Waals surface area contributed by atoms with E-state index in [4.69, 9.17) is 11.6 Å². The molecule has 2 aromatic heterocycles. The third-order valence-electron chi connectivity index (χ3n) is 2.04. The van der Waals surface area contributed by atoms with Gasteiger partial charge < -0.3 is 0 Å². The van der Waals surface area contributed by atoms with Gasteiger partial charge in [0.25, 0.3) is 5.24 Å². The van der Waals surface area contributed by atoms with Crippen molar-refractivity contribution in [3.05, 3.63) is 42.9 Å². The van der Waals surface area contributed by atoms with Gasteiger partial charge in [0, 0.05) is 18.0 Å². The maximum Gasteiger partial charge on any atom is 0.263 e. The summed E-state index contributed by atoms with van der Waals surface area (Å²) in [5.41, 5.74) is 2.38. The van der Waals surface area contributed by atoms with Gasteiger partial charge in [0.2, 0.25) is 0 Å². The Morgan fingerprint density at radius 3 is 2.59 bits per heavy atom. The third kappa shape index (κ3) is 3.19. The van der Waals surface area contributed by atoms with E-state index in [0.29, 0.717) is 5.69 Å². The minimum absolute atomic E-state index is 0.580. The van der Waals surface area contributed by atoms with E-state index in [1.165, 1.54) is 0 Å². The molecule has 4 nitrogen and oxygen atoms in total. The molecule has 0 fully saturated rings. The van der Waals surface area contributed by atoms with Crippen LogP contribution in [0.25, 0.3) is 11.3 Å². The SMILES string of the molecule is O=C(Cl)C=Nc1ccc(-c2ccncc2)nc1. The molecule has 2 heterocycles. The van der Waals surface area contributed by atoms with Crippen LogP contribution >= 0.6 is 11.6 Å². The van der Waals surface area contributed by atoms with E-state index in [9.17, 15) is 4.79 Å². The lowest BCUT2D eigenvalue weighted by molar-refractivity contribution is -0.105. The number of pyridine rings is 2. The molecule has 0 aliphatic carbocycles. The second-order valence-electron chi connectivity index (χ2n) is 3.20. The van der Waals surface area contributed by atoms with E-state index in [2.05, 4.69) is 15.0 Å². The maximum atomic E-state index is 10.5. The molecule has 0 radical (unpaired) electrons. The minimum atomic E-state index is -0.608. The molecule has 0 aliphatic heterocycles. The summed E-state index contributed by atoms with van der Waals surface area (Å²) in [7, 11) is 0. The monoisotopic (exact) mass is 245 g/mol. The lowest BCUT2D eigenvalue weighted by atomic mass is 10.2. The van der Waals surface area contributed by atoms with E-state index in [1.807, 2.05) is 18.2 Å². The lowest BCUT2D eigenvalue weighted by Crippen LogP contribution is -1.85. The van der Waals surface area contributed by atoms with Crippen LogP contribution in [-0.2, 0) is 4.79 Å². The summed E-state index contributed by atoms with van der Waals surface area (Å²) in [4.78, 5) is 22.5. The molecule has 2 rings (SSSR count). The summed E-state index contributed by atoms with van der Waals surface area (Å²) in [6.45, 7) is 0. The van der Waals surface area contributed by atoms with Crippen molar-refractivity contribution in [3.63, 3.8) is 0 Å². The van der Waals surface area contributed by atoms with Gasteiger partial charge in [-0.05, 0) is 35.9 Å². The fraction of sp³-hybridized carbons (Fsp3) is 0. The van der Waals surface area contributed by atoms with Gasteiger partial charge in [-0.1, -0.05) is 0 Å². The molecule has 84 valence electrons. The average molecular weight is 246 g/mol. The van der Waals surface area contributed by atoms with Crippen molar-refractivity contribution in [2.75, 3.05) is 0 Å². The number of aromatic nitrogens is 2. The van der Waals surface area contributed by atoms with Crippen LogP contribution in [0.5, 0.6) is 0 Å². The molecule has 0 bridgehead atoms. The van der Waals surface area contributed by atoms with Crippen LogP contribution in [0.15, 0.2) is 47.8 Å². The Kier molecular flexibility index (Phi) is 3.57. The van der Waals surface area contributed by atoms with E-state index in [1.54, 1.807) is 24.7 Å². The Labute approximate surface area is 103 Å². The van der Waals surface area contributed by atoms with Crippen molar-refractivity contribution >= 4 is 28.7 Å². The molecule has 0 unspecified atom stereocenters. The van der Waals surface area contributed by atoms with Gasteiger partial charge in [-0.25, -0.2) is 0 Å². The molecule has 17 heavy (non-hydrogen) atoms. The topological polar surface area (TPSA) is 55.2 Å². The molecule has 0 saturated carbocycles. The Morgan fingerprint density at radius 2 is 2.00 bits per heavy atom. The number of rotatable bonds is 3. The second kappa shape index (κ2) is 5.32. The van der Waals surface area contributed by atoms with Crippen LogP contribution in [0.4, 0.5) is 5.69 Å². The van der Waals surface area contributed by atoms with E-state index in [-0.39, 0.29) is 0 Å².